The molecule has 2 saturated heterocycles. The summed E-state index contributed by atoms with van der Waals surface area (Å²) in [5.74, 6) is 2.59. The molecule has 1 aromatic carbocycles. The van der Waals surface area contributed by atoms with Crippen LogP contribution in [0.2, 0.25) is 0 Å². The molecule has 0 aromatic heterocycles. The SMILES string of the molecule is Cc1ccc(NC(=O)CC(C)C2CCNCC2)cc1OCC1CCOCC1. The molecule has 3 rings (SSSR count). The van der Waals surface area contributed by atoms with Gasteiger partial charge in [0.1, 0.15) is 5.75 Å². The zero-order valence-corrected chi connectivity index (χ0v) is 16.8. The van der Waals surface area contributed by atoms with Gasteiger partial charge >= 0.3 is 0 Å². The van der Waals surface area contributed by atoms with Crippen molar-refractivity contribution in [3.63, 3.8) is 0 Å². The van der Waals surface area contributed by atoms with Crippen LogP contribution in [0.1, 0.15) is 44.6 Å². The van der Waals surface area contributed by atoms with E-state index in [-0.39, 0.29) is 5.91 Å². The number of carbonyl (C=O) groups is 1. The van der Waals surface area contributed by atoms with E-state index in [0.717, 1.165) is 56.1 Å². The molecule has 0 radical (unpaired) electrons. The van der Waals surface area contributed by atoms with Crippen LogP contribution in [0.15, 0.2) is 18.2 Å². The van der Waals surface area contributed by atoms with Crippen LogP contribution >= 0.6 is 0 Å². The third kappa shape index (κ3) is 6.22. The highest BCUT2D eigenvalue weighted by atomic mass is 16.5. The molecule has 27 heavy (non-hydrogen) atoms. The van der Waals surface area contributed by atoms with Crippen LogP contribution < -0.4 is 15.4 Å². The van der Waals surface area contributed by atoms with Gasteiger partial charge in [0.15, 0.2) is 0 Å². The summed E-state index contributed by atoms with van der Waals surface area (Å²) in [7, 11) is 0. The molecular weight excluding hydrogens is 340 g/mol. The molecule has 0 aliphatic carbocycles. The predicted molar refractivity (Wildman–Crippen MR) is 108 cm³/mol. The maximum Gasteiger partial charge on any atom is 0.224 e. The first-order valence-corrected chi connectivity index (χ1v) is 10.4. The lowest BCUT2D eigenvalue weighted by atomic mass is 9.84. The zero-order valence-electron chi connectivity index (χ0n) is 16.8. The predicted octanol–water partition coefficient (Wildman–Crippen LogP) is 3.76. The van der Waals surface area contributed by atoms with Crippen LogP contribution in [0.4, 0.5) is 5.69 Å². The molecule has 0 spiro atoms. The third-order valence-corrected chi connectivity index (χ3v) is 5.98. The van der Waals surface area contributed by atoms with Gasteiger partial charge in [0.25, 0.3) is 0 Å². The lowest BCUT2D eigenvalue weighted by Crippen LogP contribution is -2.32. The minimum absolute atomic E-state index is 0.0975. The maximum atomic E-state index is 12.5. The molecule has 2 N–H and O–H groups in total. The van der Waals surface area contributed by atoms with Crippen molar-refractivity contribution in [2.24, 2.45) is 17.8 Å². The van der Waals surface area contributed by atoms with Gasteiger partial charge in [0.2, 0.25) is 5.91 Å². The highest BCUT2D eigenvalue weighted by molar-refractivity contribution is 5.91. The Morgan fingerprint density at radius 2 is 2.00 bits per heavy atom. The van der Waals surface area contributed by atoms with Crippen molar-refractivity contribution < 1.29 is 14.3 Å². The van der Waals surface area contributed by atoms with Gasteiger partial charge in [-0.15, -0.1) is 0 Å². The molecule has 0 bridgehead atoms. The van der Waals surface area contributed by atoms with Gasteiger partial charge < -0.3 is 20.1 Å². The van der Waals surface area contributed by atoms with E-state index < -0.39 is 0 Å². The fourth-order valence-corrected chi connectivity index (χ4v) is 4.04. The number of ether oxygens (including phenoxy) is 2. The number of hydrogen-bond acceptors (Lipinski definition) is 4. The lowest BCUT2D eigenvalue weighted by molar-refractivity contribution is -0.117. The van der Waals surface area contributed by atoms with E-state index in [1.54, 1.807) is 0 Å². The standard InChI is InChI=1S/C22H34N2O3/c1-16-3-4-20(14-21(16)27-15-18-7-11-26-12-8-18)24-22(25)13-17(2)19-5-9-23-10-6-19/h3-4,14,17-19,23H,5-13,15H2,1-2H3,(H,24,25). The molecule has 2 fully saturated rings. The van der Waals surface area contributed by atoms with Crippen molar-refractivity contribution in [3.8, 4) is 5.75 Å². The van der Waals surface area contributed by atoms with E-state index in [1.165, 1.54) is 12.8 Å². The number of aryl methyl sites for hydroxylation is 1. The molecule has 2 aliphatic heterocycles. The largest absolute Gasteiger partial charge is 0.493 e. The summed E-state index contributed by atoms with van der Waals surface area (Å²) in [5, 5.41) is 6.45. The van der Waals surface area contributed by atoms with Crippen molar-refractivity contribution in [1.82, 2.24) is 5.32 Å². The van der Waals surface area contributed by atoms with Crippen molar-refractivity contribution in [1.29, 1.82) is 0 Å². The molecule has 1 unspecified atom stereocenters. The van der Waals surface area contributed by atoms with Crippen LogP contribution in [0.5, 0.6) is 5.75 Å². The zero-order chi connectivity index (χ0) is 19.1. The first-order chi connectivity index (χ1) is 13.1. The maximum absolute atomic E-state index is 12.5. The van der Waals surface area contributed by atoms with E-state index in [9.17, 15) is 4.79 Å². The molecule has 1 aromatic rings. The van der Waals surface area contributed by atoms with E-state index in [0.29, 0.717) is 30.8 Å². The Kier molecular flexibility index (Phi) is 7.53. The summed E-state index contributed by atoms with van der Waals surface area (Å²) in [5.41, 5.74) is 1.92. The van der Waals surface area contributed by atoms with Crippen LogP contribution in [-0.4, -0.2) is 38.8 Å². The number of nitrogens with one attached hydrogen (secondary N) is 2. The summed E-state index contributed by atoms with van der Waals surface area (Å²) in [6.07, 6.45) is 5.04. The molecule has 5 nitrogen and oxygen atoms in total. The van der Waals surface area contributed by atoms with E-state index in [4.69, 9.17) is 9.47 Å². The Hall–Kier alpha value is -1.59. The van der Waals surface area contributed by atoms with Gasteiger partial charge in [0, 0.05) is 31.4 Å². The highest BCUT2D eigenvalue weighted by Gasteiger charge is 2.22. The average Bonchev–Trinajstić information content (AvgIpc) is 2.69. The molecular formula is C22H34N2O3. The number of rotatable bonds is 7. The fourth-order valence-electron chi connectivity index (χ4n) is 4.04. The van der Waals surface area contributed by atoms with Crippen LogP contribution in [-0.2, 0) is 9.53 Å². The van der Waals surface area contributed by atoms with Crippen molar-refractivity contribution in [2.45, 2.75) is 46.0 Å². The second-order valence-electron chi connectivity index (χ2n) is 8.16. The molecule has 2 heterocycles. The first-order valence-electron chi connectivity index (χ1n) is 10.4. The highest BCUT2D eigenvalue weighted by Crippen LogP contribution is 2.27. The molecule has 5 heteroatoms. The van der Waals surface area contributed by atoms with Gasteiger partial charge in [-0.2, -0.15) is 0 Å². The van der Waals surface area contributed by atoms with Gasteiger partial charge in [-0.1, -0.05) is 13.0 Å². The summed E-state index contributed by atoms with van der Waals surface area (Å²) < 4.78 is 11.5. The fraction of sp³-hybridized carbons (Fsp3) is 0.682. The summed E-state index contributed by atoms with van der Waals surface area (Å²) in [6.45, 7) is 8.77. The second-order valence-corrected chi connectivity index (χ2v) is 8.16. The third-order valence-electron chi connectivity index (χ3n) is 5.98. The smallest absolute Gasteiger partial charge is 0.224 e. The lowest BCUT2D eigenvalue weighted by Gasteiger charge is -2.27. The van der Waals surface area contributed by atoms with Gasteiger partial charge in [0.05, 0.1) is 6.61 Å². The molecule has 1 amide bonds. The van der Waals surface area contributed by atoms with E-state index >= 15 is 0 Å². The van der Waals surface area contributed by atoms with Gasteiger partial charge in [-0.05, 0) is 75.1 Å². The Morgan fingerprint density at radius 3 is 2.74 bits per heavy atom. The number of amides is 1. The van der Waals surface area contributed by atoms with Crippen LogP contribution in [0.3, 0.4) is 0 Å². The van der Waals surface area contributed by atoms with Crippen LogP contribution in [0.25, 0.3) is 0 Å². The van der Waals surface area contributed by atoms with Crippen molar-refractivity contribution in [3.05, 3.63) is 23.8 Å². The summed E-state index contributed by atoms with van der Waals surface area (Å²) >= 11 is 0. The number of piperidine rings is 1. The topological polar surface area (TPSA) is 59.6 Å². The Balaban J connectivity index is 1.50. The van der Waals surface area contributed by atoms with Crippen LogP contribution in [0, 0.1) is 24.7 Å². The minimum atomic E-state index is 0.0975. The Labute approximate surface area is 163 Å². The van der Waals surface area contributed by atoms with Gasteiger partial charge in [-0.3, -0.25) is 4.79 Å². The normalized spacial score (nSPS) is 20.2. The second kappa shape index (κ2) is 10.1. The first kappa shape index (κ1) is 20.2. The van der Waals surface area contributed by atoms with Gasteiger partial charge in [-0.25, -0.2) is 0 Å². The summed E-state index contributed by atoms with van der Waals surface area (Å²) in [6, 6.07) is 5.94. The number of carbonyl (C=O) groups excluding carboxylic acids is 1. The molecule has 150 valence electrons. The van der Waals surface area contributed by atoms with E-state index in [2.05, 4.69) is 17.6 Å². The number of anilines is 1. The molecule has 2 aliphatic rings. The minimum Gasteiger partial charge on any atom is -0.493 e. The summed E-state index contributed by atoms with van der Waals surface area (Å²) in [4.78, 5) is 12.5. The monoisotopic (exact) mass is 374 g/mol. The Morgan fingerprint density at radius 1 is 1.26 bits per heavy atom. The number of benzene rings is 1. The molecule has 0 saturated carbocycles. The Bertz CT molecular complexity index is 608. The van der Waals surface area contributed by atoms with Crippen molar-refractivity contribution >= 4 is 11.6 Å². The quantitative estimate of drug-likeness (QED) is 0.763. The van der Waals surface area contributed by atoms with Crippen molar-refractivity contribution in [2.75, 3.05) is 38.2 Å². The van der Waals surface area contributed by atoms with E-state index in [1.807, 2.05) is 25.1 Å². The molecule has 1 atom stereocenters. The average molecular weight is 375 g/mol. The number of hydrogen-bond donors (Lipinski definition) is 2.